The van der Waals surface area contributed by atoms with Crippen LogP contribution in [0.15, 0.2) is 24.7 Å². The van der Waals surface area contributed by atoms with E-state index in [-0.39, 0.29) is 0 Å². The predicted octanol–water partition coefficient (Wildman–Crippen LogP) is 2.41. The normalized spacial score (nSPS) is 14.5. The zero-order chi connectivity index (χ0) is 12.4. The van der Waals surface area contributed by atoms with Crippen molar-refractivity contribution in [2.24, 2.45) is 0 Å². The van der Waals surface area contributed by atoms with Crippen LogP contribution in [-0.4, -0.2) is 19.9 Å². The van der Waals surface area contributed by atoms with Gasteiger partial charge >= 0.3 is 0 Å². The standard InChI is InChI=1S/C12H12ClN5/c13-10-5-11(18-12(17-10)8-1-2-8)15-6-9-3-4-14-7-16-9/h3-5,7-8H,1-2,6H2,(H,15,17,18). The van der Waals surface area contributed by atoms with Crippen LogP contribution in [0.1, 0.15) is 30.3 Å². The molecule has 2 heterocycles. The number of nitrogens with one attached hydrogen (secondary N) is 1. The van der Waals surface area contributed by atoms with Crippen LogP contribution in [0.25, 0.3) is 0 Å². The van der Waals surface area contributed by atoms with E-state index in [1.807, 2.05) is 6.07 Å². The highest BCUT2D eigenvalue weighted by atomic mass is 35.5. The summed E-state index contributed by atoms with van der Waals surface area (Å²) in [6.45, 7) is 0.597. The van der Waals surface area contributed by atoms with Crippen molar-refractivity contribution >= 4 is 17.4 Å². The van der Waals surface area contributed by atoms with Gasteiger partial charge in [0.25, 0.3) is 0 Å². The average Bonchev–Trinajstić information content (AvgIpc) is 3.21. The molecule has 18 heavy (non-hydrogen) atoms. The topological polar surface area (TPSA) is 63.6 Å². The summed E-state index contributed by atoms with van der Waals surface area (Å²) < 4.78 is 0. The molecule has 92 valence electrons. The molecule has 2 aromatic heterocycles. The van der Waals surface area contributed by atoms with Gasteiger partial charge in [0.05, 0.1) is 12.2 Å². The number of hydrogen-bond acceptors (Lipinski definition) is 5. The first-order chi connectivity index (χ1) is 8.81. The predicted molar refractivity (Wildman–Crippen MR) is 68.4 cm³/mol. The van der Waals surface area contributed by atoms with Crippen LogP contribution in [-0.2, 0) is 6.54 Å². The SMILES string of the molecule is Clc1cc(NCc2ccncn2)nc(C2CC2)n1. The molecule has 5 nitrogen and oxygen atoms in total. The highest BCUT2D eigenvalue weighted by Crippen LogP contribution is 2.38. The van der Waals surface area contributed by atoms with Crippen LogP contribution in [0.4, 0.5) is 5.82 Å². The quantitative estimate of drug-likeness (QED) is 0.857. The van der Waals surface area contributed by atoms with Crippen molar-refractivity contribution in [1.82, 2.24) is 19.9 Å². The molecule has 0 spiro atoms. The Balaban J connectivity index is 1.72. The smallest absolute Gasteiger partial charge is 0.135 e. The van der Waals surface area contributed by atoms with Gasteiger partial charge in [-0.3, -0.25) is 0 Å². The molecule has 0 radical (unpaired) electrons. The van der Waals surface area contributed by atoms with E-state index in [9.17, 15) is 0 Å². The van der Waals surface area contributed by atoms with E-state index >= 15 is 0 Å². The maximum atomic E-state index is 5.99. The summed E-state index contributed by atoms with van der Waals surface area (Å²) in [6, 6.07) is 3.59. The third-order valence-corrected chi connectivity index (χ3v) is 2.94. The summed E-state index contributed by atoms with van der Waals surface area (Å²) in [5, 5.41) is 3.68. The van der Waals surface area contributed by atoms with Gasteiger partial charge in [0.2, 0.25) is 0 Å². The molecule has 6 heteroatoms. The van der Waals surface area contributed by atoms with Crippen LogP contribution >= 0.6 is 11.6 Å². The Morgan fingerprint density at radius 1 is 1.33 bits per heavy atom. The molecular weight excluding hydrogens is 250 g/mol. The van der Waals surface area contributed by atoms with E-state index < -0.39 is 0 Å². The summed E-state index contributed by atoms with van der Waals surface area (Å²) in [7, 11) is 0. The lowest BCUT2D eigenvalue weighted by molar-refractivity contribution is 0.915. The molecule has 0 aliphatic heterocycles. The molecule has 0 saturated heterocycles. The summed E-state index contributed by atoms with van der Waals surface area (Å²) in [6.07, 6.45) is 5.56. The van der Waals surface area contributed by atoms with Gasteiger partial charge in [0.15, 0.2) is 0 Å². The molecule has 1 N–H and O–H groups in total. The van der Waals surface area contributed by atoms with E-state index in [0.717, 1.165) is 30.2 Å². The third-order valence-electron chi connectivity index (χ3n) is 2.75. The molecule has 0 amide bonds. The van der Waals surface area contributed by atoms with Crippen molar-refractivity contribution in [3.05, 3.63) is 41.3 Å². The fourth-order valence-electron chi connectivity index (χ4n) is 1.65. The van der Waals surface area contributed by atoms with Crippen molar-refractivity contribution in [3.8, 4) is 0 Å². The van der Waals surface area contributed by atoms with Crippen molar-refractivity contribution in [2.75, 3.05) is 5.32 Å². The Hall–Kier alpha value is -1.75. The van der Waals surface area contributed by atoms with Crippen LogP contribution in [0.2, 0.25) is 5.15 Å². The first-order valence-corrected chi connectivity index (χ1v) is 6.22. The lowest BCUT2D eigenvalue weighted by Gasteiger charge is -2.06. The van der Waals surface area contributed by atoms with Gasteiger partial charge in [-0.05, 0) is 18.9 Å². The Kier molecular flexibility index (Phi) is 3.06. The lowest BCUT2D eigenvalue weighted by atomic mass is 10.3. The van der Waals surface area contributed by atoms with Gasteiger partial charge in [-0.25, -0.2) is 19.9 Å². The molecule has 0 bridgehead atoms. The Morgan fingerprint density at radius 2 is 2.22 bits per heavy atom. The summed E-state index contributed by atoms with van der Waals surface area (Å²) in [4.78, 5) is 16.7. The zero-order valence-corrected chi connectivity index (χ0v) is 10.4. The lowest BCUT2D eigenvalue weighted by Crippen LogP contribution is -2.05. The van der Waals surface area contributed by atoms with Crippen molar-refractivity contribution < 1.29 is 0 Å². The Morgan fingerprint density at radius 3 is 2.94 bits per heavy atom. The maximum absolute atomic E-state index is 5.99. The molecule has 0 atom stereocenters. The zero-order valence-electron chi connectivity index (χ0n) is 9.67. The van der Waals surface area contributed by atoms with Crippen molar-refractivity contribution in [1.29, 1.82) is 0 Å². The van der Waals surface area contributed by atoms with Gasteiger partial charge in [-0.2, -0.15) is 0 Å². The summed E-state index contributed by atoms with van der Waals surface area (Å²) in [5.41, 5.74) is 0.910. The van der Waals surface area contributed by atoms with E-state index in [4.69, 9.17) is 11.6 Å². The van der Waals surface area contributed by atoms with E-state index in [0.29, 0.717) is 17.6 Å². The molecule has 0 unspecified atom stereocenters. The number of aromatic nitrogens is 4. The highest BCUT2D eigenvalue weighted by molar-refractivity contribution is 6.29. The molecule has 0 aromatic carbocycles. The molecule has 1 saturated carbocycles. The Labute approximate surface area is 110 Å². The molecule has 1 fully saturated rings. The van der Waals surface area contributed by atoms with Gasteiger partial charge in [0.1, 0.15) is 23.1 Å². The number of hydrogen-bond donors (Lipinski definition) is 1. The minimum atomic E-state index is 0.483. The third kappa shape index (κ3) is 2.73. The van der Waals surface area contributed by atoms with E-state index in [1.165, 1.54) is 6.33 Å². The second-order valence-electron chi connectivity index (χ2n) is 4.26. The second kappa shape index (κ2) is 4.86. The van der Waals surface area contributed by atoms with Gasteiger partial charge in [-0.1, -0.05) is 11.6 Å². The minimum Gasteiger partial charge on any atom is -0.364 e. The summed E-state index contributed by atoms with van der Waals surface area (Å²) >= 11 is 5.99. The van der Waals surface area contributed by atoms with Crippen molar-refractivity contribution in [2.45, 2.75) is 25.3 Å². The largest absolute Gasteiger partial charge is 0.364 e. The van der Waals surface area contributed by atoms with E-state index in [2.05, 4.69) is 25.3 Å². The fraction of sp³-hybridized carbons (Fsp3) is 0.333. The number of nitrogens with zero attached hydrogens (tertiary/aromatic N) is 4. The van der Waals surface area contributed by atoms with Crippen molar-refractivity contribution in [3.63, 3.8) is 0 Å². The van der Waals surface area contributed by atoms with Crippen LogP contribution in [0.3, 0.4) is 0 Å². The minimum absolute atomic E-state index is 0.483. The average molecular weight is 262 g/mol. The highest BCUT2D eigenvalue weighted by Gasteiger charge is 2.27. The van der Waals surface area contributed by atoms with Crippen LogP contribution in [0, 0.1) is 0 Å². The Bertz CT molecular complexity index is 541. The monoisotopic (exact) mass is 261 g/mol. The molecule has 1 aliphatic carbocycles. The van der Waals surface area contributed by atoms with Gasteiger partial charge < -0.3 is 5.32 Å². The number of halogens is 1. The molecule has 2 aromatic rings. The van der Waals surface area contributed by atoms with E-state index in [1.54, 1.807) is 12.3 Å². The van der Waals surface area contributed by atoms with Gasteiger partial charge in [-0.15, -0.1) is 0 Å². The first-order valence-electron chi connectivity index (χ1n) is 5.84. The molecule has 3 rings (SSSR count). The van der Waals surface area contributed by atoms with Crippen LogP contribution in [0.5, 0.6) is 0 Å². The first kappa shape index (κ1) is 11.3. The van der Waals surface area contributed by atoms with Gasteiger partial charge in [0, 0.05) is 18.2 Å². The maximum Gasteiger partial charge on any atom is 0.135 e. The number of rotatable bonds is 4. The second-order valence-corrected chi connectivity index (χ2v) is 4.65. The number of anilines is 1. The van der Waals surface area contributed by atoms with Crippen LogP contribution < -0.4 is 5.32 Å². The fourth-order valence-corrected chi connectivity index (χ4v) is 1.84. The molecule has 1 aliphatic rings. The molecular formula is C12H12ClN5. The summed E-state index contributed by atoms with van der Waals surface area (Å²) in [5.74, 6) is 2.08.